The normalized spacial score (nSPS) is 18.8. The molecule has 3 aromatic heterocycles. The molecule has 2 amide bonds. The van der Waals surface area contributed by atoms with Gasteiger partial charge >= 0.3 is 0 Å². The number of halogens is 1. The van der Waals surface area contributed by atoms with E-state index in [1.807, 2.05) is 13.8 Å². The van der Waals surface area contributed by atoms with Crippen molar-refractivity contribution in [2.24, 2.45) is 11.8 Å². The van der Waals surface area contributed by atoms with E-state index in [0.29, 0.717) is 35.0 Å². The molecular formula is C25H32FN7O2. The molecule has 0 saturated heterocycles. The Morgan fingerprint density at radius 3 is 2.57 bits per heavy atom. The van der Waals surface area contributed by atoms with Gasteiger partial charge in [0, 0.05) is 29.6 Å². The fourth-order valence-corrected chi connectivity index (χ4v) is 4.85. The quantitative estimate of drug-likeness (QED) is 0.441. The van der Waals surface area contributed by atoms with Crippen LogP contribution in [0.1, 0.15) is 61.4 Å². The maximum Gasteiger partial charge on any atom is 0.270 e. The van der Waals surface area contributed by atoms with Gasteiger partial charge in [0.25, 0.3) is 5.91 Å². The number of pyridine rings is 1. The van der Waals surface area contributed by atoms with Crippen molar-refractivity contribution in [3.8, 4) is 11.1 Å². The molecule has 0 unspecified atom stereocenters. The zero-order chi connectivity index (χ0) is 25.1. The number of carbonyl (C=O) groups excluding carboxylic acids is 2. The van der Waals surface area contributed by atoms with Crippen molar-refractivity contribution in [3.63, 3.8) is 0 Å². The number of carbonyl (C=O) groups is 2. The monoisotopic (exact) mass is 481 g/mol. The highest BCUT2D eigenvalue weighted by molar-refractivity contribution is 6.00. The van der Waals surface area contributed by atoms with Gasteiger partial charge in [-0.3, -0.25) is 19.4 Å². The first-order chi connectivity index (χ1) is 16.8. The van der Waals surface area contributed by atoms with E-state index in [1.54, 1.807) is 36.0 Å². The van der Waals surface area contributed by atoms with Crippen LogP contribution in [0.3, 0.4) is 0 Å². The lowest BCUT2D eigenvalue weighted by atomic mass is 9.79. The average Bonchev–Trinajstić information content (AvgIpc) is 3.44. The van der Waals surface area contributed by atoms with Crippen molar-refractivity contribution in [2.75, 3.05) is 5.32 Å². The predicted octanol–water partition coefficient (Wildman–Crippen LogP) is 4.01. The molecule has 4 rings (SSSR count). The van der Waals surface area contributed by atoms with E-state index in [4.69, 9.17) is 0 Å². The Kier molecular flexibility index (Phi) is 7.28. The van der Waals surface area contributed by atoms with E-state index in [-0.39, 0.29) is 17.6 Å². The molecule has 1 atom stereocenters. The number of aromatic nitrogens is 5. The molecule has 1 aliphatic rings. The molecular weight excluding hydrogens is 449 g/mol. The summed E-state index contributed by atoms with van der Waals surface area (Å²) in [4.78, 5) is 30.4. The van der Waals surface area contributed by atoms with Gasteiger partial charge in [-0.05, 0) is 63.6 Å². The number of nitrogens with one attached hydrogen (secondary N) is 3. The Bertz CT molecular complexity index is 1190. The van der Waals surface area contributed by atoms with Crippen molar-refractivity contribution in [1.82, 2.24) is 30.3 Å². The molecule has 0 aliphatic heterocycles. The third kappa shape index (κ3) is 5.26. The smallest absolute Gasteiger partial charge is 0.270 e. The van der Waals surface area contributed by atoms with Crippen LogP contribution in [0.15, 0.2) is 24.4 Å². The second-order valence-corrected chi connectivity index (χ2v) is 9.34. The molecule has 10 heteroatoms. The number of amides is 2. The SMILES string of the molecule is CCn1nccc1C(=O)N[C@H](C(=O)Nc1ccc(-c2c(C)n[nH]c2C)c(F)n1)[C@H]1CC[C@H](C)CC1. The number of hydrogen-bond acceptors (Lipinski definition) is 5. The maximum atomic E-state index is 14.9. The third-order valence-corrected chi connectivity index (χ3v) is 6.85. The summed E-state index contributed by atoms with van der Waals surface area (Å²) in [6, 6.07) is 4.01. The molecule has 1 fully saturated rings. The van der Waals surface area contributed by atoms with Gasteiger partial charge in [-0.1, -0.05) is 19.8 Å². The summed E-state index contributed by atoms with van der Waals surface area (Å²) in [5, 5.41) is 16.7. The van der Waals surface area contributed by atoms with Crippen molar-refractivity contribution in [1.29, 1.82) is 0 Å². The fourth-order valence-electron chi connectivity index (χ4n) is 4.85. The minimum Gasteiger partial charge on any atom is -0.339 e. The van der Waals surface area contributed by atoms with Crippen LogP contribution in [0, 0.1) is 31.6 Å². The molecule has 186 valence electrons. The zero-order valence-corrected chi connectivity index (χ0v) is 20.6. The van der Waals surface area contributed by atoms with Gasteiger partial charge < -0.3 is 10.6 Å². The second-order valence-electron chi connectivity index (χ2n) is 9.34. The molecule has 0 radical (unpaired) electrons. The number of hydrogen-bond donors (Lipinski definition) is 3. The van der Waals surface area contributed by atoms with E-state index in [0.717, 1.165) is 31.4 Å². The summed E-state index contributed by atoms with van der Waals surface area (Å²) < 4.78 is 16.5. The van der Waals surface area contributed by atoms with Crippen LogP contribution in [-0.2, 0) is 11.3 Å². The number of aryl methyl sites for hydroxylation is 3. The van der Waals surface area contributed by atoms with Gasteiger partial charge in [0.1, 0.15) is 17.6 Å². The Balaban J connectivity index is 1.55. The van der Waals surface area contributed by atoms with E-state index in [9.17, 15) is 14.0 Å². The number of aromatic amines is 1. The zero-order valence-electron chi connectivity index (χ0n) is 20.6. The van der Waals surface area contributed by atoms with E-state index in [1.165, 1.54) is 0 Å². The molecule has 3 N–H and O–H groups in total. The minimum atomic E-state index is -0.766. The number of rotatable bonds is 7. The Morgan fingerprint density at radius 2 is 1.94 bits per heavy atom. The first-order valence-corrected chi connectivity index (χ1v) is 12.1. The van der Waals surface area contributed by atoms with Crippen LogP contribution in [-0.4, -0.2) is 42.8 Å². The molecule has 1 aliphatic carbocycles. The fraction of sp³-hybridized carbons (Fsp3) is 0.480. The third-order valence-electron chi connectivity index (χ3n) is 6.85. The summed E-state index contributed by atoms with van der Waals surface area (Å²) in [5.41, 5.74) is 2.77. The van der Waals surface area contributed by atoms with Crippen LogP contribution < -0.4 is 10.6 Å². The molecule has 0 spiro atoms. The Labute approximate surface area is 203 Å². The van der Waals surface area contributed by atoms with Crippen molar-refractivity contribution >= 4 is 17.6 Å². The van der Waals surface area contributed by atoms with Gasteiger partial charge in [-0.25, -0.2) is 4.98 Å². The van der Waals surface area contributed by atoms with Crippen LogP contribution in [0.4, 0.5) is 10.2 Å². The van der Waals surface area contributed by atoms with Crippen LogP contribution in [0.5, 0.6) is 0 Å². The van der Waals surface area contributed by atoms with Crippen molar-refractivity contribution < 1.29 is 14.0 Å². The highest BCUT2D eigenvalue weighted by Crippen LogP contribution is 2.32. The van der Waals surface area contributed by atoms with E-state index < -0.39 is 17.9 Å². The highest BCUT2D eigenvalue weighted by atomic mass is 19.1. The average molecular weight is 482 g/mol. The minimum absolute atomic E-state index is 0.0199. The number of nitrogens with zero attached hydrogens (tertiary/aromatic N) is 4. The highest BCUT2D eigenvalue weighted by Gasteiger charge is 2.33. The lowest BCUT2D eigenvalue weighted by molar-refractivity contribution is -0.119. The first-order valence-electron chi connectivity index (χ1n) is 12.1. The topological polar surface area (TPSA) is 118 Å². The Morgan fingerprint density at radius 1 is 1.20 bits per heavy atom. The molecule has 0 bridgehead atoms. The van der Waals surface area contributed by atoms with Crippen molar-refractivity contribution in [3.05, 3.63) is 47.4 Å². The lowest BCUT2D eigenvalue weighted by Gasteiger charge is -2.32. The van der Waals surface area contributed by atoms with Gasteiger partial charge in [-0.2, -0.15) is 14.6 Å². The summed E-state index contributed by atoms with van der Waals surface area (Å²) in [7, 11) is 0. The summed E-state index contributed by atoms with van der Waals surface area (Å²) in [5.74, 6) is -0.801. The lowest BCUT2D eigenvalue weighted by Crippen LogP contribution is -2.49. The maximum absolute atomic E-state index is 14.9. The largest absolute Gasteiger partial charge is 0.339 e. The van der Waals surface area contributed by atoms with E-state index >= 15 is 0 Å². The molecule has 1 saturated carbocycles. The van der Waals surface area contributed by atoms with Gasteiger partial charge in [0.05, 0.1) is 5.69 Å². The first kappa shape index (κ1) is 24.6. The molecule has 9 nitrogen and oxygen atoms in total. The predicted molar refractivity (Wildman–Crippen MR) is 130 cm³/mol. The van der Waals surface area contributed by atoms with Gasteiger partial charge in [0.15, 0.2) is 0 Å². The van der Waals surface area contributed by atoms with E-state index in [2.05, 4.69) is 37.8 Å². The molecule has 35 heavy (non-hydrogen) atoms. The molecule has 3 heterocycles. The number of anilines is 1. The number of H-pyrrole nitrogens is 1. The Hall–Kier alpha value is -3.56. The van der Waals surface area contributed by atoms with Crippen molar-refractivity contribution in [2.45, 2.75) is 66.0 Å². The standard InChI is InChI=1S/C25H32FN7O2/c1-5-33-19(12-13-27-33)24(34)30-22(17-8-6-14(2)7-9-17)25(35)29-20-11-10-18(23(26)28-20)21-15(3)31-32-16(21)4/h10-14,17,22H,5-9H2,1-4H3,(H,30,34)(H,31,32)(H,28,29,35)/t14-,17-,22-/m0/s1. The summed E-state index contributed by atoms with van der Waals surface area (Å²) in [6.45, 7) is 8.23. The summed E-state index contributed by atoms with van der Waals surface area (Å²) >= 11 is 0. The van der Waals surface area contributed by atoms with Gasteiger partial charge in [0.2, 0.25) is 11.9 Å². The van der Waals surface area contributed by atoms with Crippen LogP contribution in [0.25, 0.3) is 11.1 Å². The molecule has 0 aromatic carbocycles. The second kappa shape index (κ2) is 10.4. The van der Waals surface area contributed by atoms with Crippen LogP contribution in [0.2, 0.25) is 0 Å². The van der Waals surface area contributed by atoms with Crippen LogP contribution >= 0.6 is 0 Å². The van der Waals surface area contributed by atoms with Gasteiger partial charge in [-0.15, -0.1) is 0 Å². The summed E-state index contributed by atoms with van der Waals surface area (Å²) in [6.07, 6.45) is 5.19. The molecule has 3 aromatic rings.